The van der Waals surface area contributed by atoms with Crippen LogP contribution in [0.15, 0.2) is 82.4 Å². The van der Waals surface area contributed by atoms with Crippen LogP contribution < -0.4 is 10.3 Å². The van der Waals surface area contributed by atoms with Crippen LogP contribution in [0.3, 0.4) is 0 Å². The number of nitrogens with one attached hydrogen (secondary N) is 1. The van der Waals surface area contributed by atoms with E-state index in [4.69, 9.17) is 0 Å². The maximum Gasteiger partial charge on any atom is 0.347 e. The Bertz CT molecular complexity index is 1100. The first-order chi connectivity index (χ1) is 13.5. The average molecular weight is 437 g/mol. The summed E-state index contributed by atoms with van der Waals surface area (Å²) in [6.07, 6.45) is 0. The van der Waals surface area contributed by atoms with E-state index in [0.29, 0.717) is 17.1 Å². The molecule has 0 saturated heterocycles. The van der Waals surface area contributed by atoms with Gasteiger partial charge in [-0.05, 0) is 30.3 Å². The van der Waals surface area contributed by atoms with E-state index in [2.05, 4.69) is 26.3 Å². The Balaban J connectivity index is 1.87. The molecule has 1 aliphatic rings. The first-order valence-corrected chi connectivity index (χ1v) is 9.12. The van der Waals surface area contributed by atoms with Gasteiger partial charge in [0.25, 0.3) is 5.69 Å². The molecule has 0 fully saturated rings. The molecule has 1 heterocycles. The summed E-state index contributed by atoms with van der Waals surface area (Å²) in [5, 5.41) is 19.6. The number of anilines is 2. The Hall–Kier alpha value is -3.52. The van der Waals surface area contributed by atoms with Crippen LogP contribution >= 0.6 is 15.9 Å². The summed E-state index contributed by atoms with van der Waals surface area (Å²) < 4.78 is 0.855. The van der Waals surface area contributed by atoms with Crippen LogP contribution in [0.4, 0.5) is 21.9 Å². The lowest BCUT2D eigenvalue weighted by Crippen LogP contribution is -2.29. The van der Waals surface area contributed by atoms with Crippen molar-refractivity contribution in [1.29, 1.82) is 0 Å². The van der Waals surface area contributed by atoms with Crippen molar-refractivity contribution in [2.45, 2.75) is 0 Å². The average Bonchev–Trinajstić information content (AvgIpc) is 2.85. The molecule has 2 amide bonds. The molecule has 28 heavy (non-hydrogen) atoms. The molecular weight excluding hydrogens is 424 g/mol. The fourth-order valence-electron chi connectivity index (χ4n) is 2.89. The summed E-state index contributed by atoms with van der Waals surface area (Å²) in [6, 6.07) is 20.3. The van der Waals surface area contributed by atoms with E-state index in [9.17, 15) is 14.9 Å². The SMILES string of the molecule is O=C1Nc2ccc(Br)cc2C(c2ccccc2)=NN1c1ccc([N+](=O)[O-])cc1. The Morgan fingerprint density at radius 1 is 1.00 bits per heavy atom. The van der Waals surface area contributed by atoms with Gasteiger partial charge in [0, 0.05) is 27.7 Å². The van der Waals surface area contributed by atoms with E-state index in [0.717, 1.165) is 15.6 Å². The molecule has 0 spiro atoms. The number of benzene rings is 3. The standard InChI is InChI=1S/C20H13BrN4O3/c21-14-6-11-18-17(12-14)19(13-4-2-1-3-5-13)23-24(20(26)22-18)15-7-9-16(10-8-15)25(27)28/h1-12H,(H,22,26). The Labute approximate surface area is 168 Å². The molecule has 0 atom stereocenters. The summed E-state index contributed by atoms with van der Waals surface area (Å²) in [5.74, 6) is 0. The molecule has 0 unspecified atom stereocenters. The van der Waals surface area contributed by atoms with Gasteiger partial charge in [0.2, 0.25) is 0 Å². The van der Waals surface area contributed by atoms with Crippen LogP contribution in [-0.4, -0.2) is 16.7 Å². The molecular formula is C20H13BrN4O3. The number of fused-ring (bicyclic) bond motifs is 1. The van der Waals surface area contributed by atoms with Gasteiger partial charge in [-0.15, -0.1) is 0 Å². The van der Waals surface area contributed by atoms with Gasteiger partial charge in [0.05, 0.1) is 16.3 Å². The smallest absolute Gasteiger partial charge is 0.305 e. The van der Waals surface area contributed by atoms with Crippen LogP contribution in [0, 0.1) is 10.1 Å². The van der Waals surface area contributed by atoms with Gasteiger partial charge in [0.1, 0.15) is 5.71 Å². The number of nitrogens with zero attached hydrogens (tertiary/aromatic N) is 3. The van der Waals surface area contributed by atoms with Crippen molar-refractivity contribution in [3.63, 3.8) is 0 Å². The first kappa shape index (κ1) is 17.9. The molecule has 138 valence electrons. The number of hydrogen-bond acceptors (Lipinski definition) is 4. The molecule has 0 bridgehead atoms. The minimum Gasteiger partial charge on any atom is -0.305 e. The van der Waals surface area contributed by atoms with E-state index in [1.54, 1.807) is 6.07 Å². The second-order valence-corrected chi connectivity index (χ2v) is 6.94. The highest BCUT2D eigenvalue weighted by molar-refractivity contribution is 9.10. The molecule has 0 saturated carbocycles. The summed E-state index contributed by atoms with van der Waals surface area (Å²) in [7, 11) is 0. The van der Waals surface area contributed by atoms with Crippen molar-refractivity contribution in [1.82, 2.24) is 0 Å². The number of nitro benzene ring substituents is 1. The minimum atomic E-state index is -0.488. The van der Waals surface area contributed by atoms with Gasteiger partial charge in [-0.25, -0.2) is 4.79 Å². The lowest BCUT2D eigenvalue weighted by atomic mass is 10.0. The highest BCUT2D eigenvalue weighted by atomic mass is 79.9. The number of nitro groups is 1. The summed E-state index contributed by atoms with van der Waals surface area (Å²) in [6.45, 7) is 0. The molecule has 3 aromatic carbocycles. The van der Waals surface area contributed by atoms with Crippen molar-refractivity contribution in [3.05, 3.63) is 98.5 Å². The van der Waals surface area contributed by atoms with Crippen molar-refractivity contribution in [3.8, 4) is 0 Å². The molecule has 4 rings (SSSR count). The van der Waals surface area contributed by atoms with E-state index < -0.39 is 11.0 Å². The Morgan fingerprint density at radius 2 is 1.71 bits per heavy atom. The number of carbonyl (C=O) groups is 1. The number of urea groups is 1. The number of amides is 2. The molecule has 0 aliphatic carbocycles. The van der Waals surface area contributed by atoms with Crippen molar-refractivity contribution in [2.75, 3.05) is 10.3 Å². The van der Waals surface area contributed by atoms with Gasteiger partial charge < -0.3 is 5.32 Å². The minimum absolute atomic E-state index is 0.0570. The third kappa shape index (κ3) is 3.37. The van der Waals surface area contributed by atoms with E-state index in [1.807, 2.05) is 42.5 Å². The number of hydrazone groups is 1. The maximum atomic E-state index is 12.8. The molecule has 7 nitrogen and oxygen atoms in total. The number of carbonyl (C=O) groups excluding carboxylic acids is 1. The second kappa shape index (κ2) is 7.24. The molecule has 0 radical (unpaired) electrons. The number of rotatable bonds is 3. The maximum absolute atomic E-state index is 12.8. The second-order valence-electron chi connectivity index (χ2n) is 6.02. The van der Waals surface area contributed by atoms with Gasteiger partial charge in [-0.1, -0.05) is 46.3 Å². The summed E-state index contributed by atoms with van der Waals surface area (Å²) in [4.78, 5) is 23.2. The number of halogens is 1. The highest BCUT2D eigenvalue weighted by Gasteiger charge is 2.25. The van der Waals surface area contributed by atoms with Crippen molar-refractivity contribution >= 4 is 44.7 Å². The zero-order valence-corrected chi connectivity index (χ0v) is 16.0. The Morgan fingerprint density at radius 3 is 2.39 bits per heavy atom. The van der Waals surface area contributed by atoms with Gasteiger partial charge >= 0.3 is 6.03 Å². The van der Waals surface area contributed by atoms with E-state index in [-0.39, 0.29) is 5.69 Å². The predicted molar refractivity (Wildman–Crippen MR) is 111 cm³/mol. The molecule has 0 aromatic heterocycles. The molecule has 3 aromatic rings. The quantitative estimate of drug-likeness (QED) is 0.454. The van der Waals surface area contributed by atoms with Gasteiger partial charge in [-0.3, -0.25) is 10.1 Å². The Kier molecular flexibility index (Phi) is 4.62. The largest absolute Gasteiger partial charge is 0.347 e. The fraction of sp³-hybridized carbons (Fsp3) is 0. The van der Waals surface area contributed by atoms with Crippen LogP contribution in [0.1, 0.15) is 11.1 Å². The summed E-state index contributed by atoms with van der Waals surface area (Å²) >= 11 is 3.47. The number of hydrogen-bond donors (Lipinski definition) is 1. The third-order valence-corrected chi connectivity index (χ3v) is 4.72. The topological polar surface area (TPSA) is 87.8 Å². The first-order valence-electron chi connectivity index (χ1n) is 8.32. The van der Waals surface area contributed by atoms with Gasteiger partial charge in [-0.2, -0.15) is 10.1 Å². The van der Waals surface area contributed by atoms with E-state index in [1.165, 1.54) is 29.3 Å². The predicted octanol–water partition coefficient (Wildman–Crippen LogP) is 5.16. The van der Waals surface area contributed by atoms with Gasteiger partial charge in [0.15, 0.2) is 0 Å². The van der Waals surface area contributed by atoms with Crippen molar-refractivity contribution in [2.24, 2.45) is 5.10 Å². The zero-order chi connectivity index (χ0) is 19.7. The fourth-order valence-corrected chi connectivity index (χ4v) is 3.25. The van der Waals surface area contributed by atoms with Crippen LogP contribution in [0.25, 0.3) is 0 Å². The monoisotopic (exact) mass is 436 g/mol. The lowest BCUT2D eigenvalue weighted by Gasteiger charge is -2.16. The van der Waals surface area contributed by atoms with Crippen molar-refractivity contribution < 1.29 is 9.72 Å². The van der Waals surface area contributed by atoms with Crippen LogP contribution in [0.5, 0.6) is 0 Å². The number of non-ortho nitro benzene ring substituents is 1. The zero-order valence-electron chi connectivity index (χ0n) is 14.4. The highest BCUT2D eigenvalue weighted by Crippen LogP contribution is 2.30. The molecule has 8 heteroatoms. The third-order valence-electron chi connectivity index (χ3n) is 4.22. The van der Waals surface area contributed by atoms with Crippen LogP contribution in [-0.2, 0) is 0 Å². The molecule has 1 N–H and O–H groups in total. The van der Waals surface area contributed by atoms with Crippen LogP contribution in [0.2, 0.25) is 0 Å². The molecule has 1 aliphatic heterocycles. The summed E-state index contributed by atoms with van der Waals surface area (Å²) in [5.41, 5.74) is 3.19. The lowest BCUT2D eigenvalue weighted by molar-refractivity contribution is -0.384. The normalized spacial score (nSPS) is 13.2. The van der Waals surface area contributed by atoms with E-state index >= 15 is 0 Å².